The van der Waals surface area contributed by atoms with Gasteiger partial charge in [-0.1, -0.05) is 0 Å². The molecule has 1 N–H and O–H groups in total. The molecule has 7 heteroatoms. The predicted molar refractivity (Wildman–Crippen MR) is 55.0 cm³/mol. The van der Waals surface area contributed by atoms with Crippen molar-refractivity contribution in [3.63, 3.8) is 0 Å². The van der Waals surface area contributed by atoms with E-state index in [0.717, 1.165) is 0 Å². The molecule has 1 atom stereocenters. The Hall–Kier alpha value is -0.820. The lowest BCUT2D eigenvalue weighted by Gasteiger charge is -2.14. The molecule has 15 heavy (non-hydrogen) atoms. The summed E-state index contributed by atoms with van der Waals surface area (Å²) in [6.45, 7) is 2.82. The summed E-state index contributed by atoms with van der Waals surface area (Å²) in [7, 11) is -3.14. The van der Waals surface area contributed by atoms with Gasteiger partial charge in [0, 0.05) is 19.1 Å². The minimum absolute atomic E-state index is 0.140. The summed E-state index contributed by atoms with van der Waals surface area (Å²) in [5.41, 5.74) is 0. The molecule has 0 aromatic rings. The van der Waals surface area contributed by atoms with Gasteiger partial charge in [0.2, 0.25) is 10.0 Å². The van der Waals surface area contributed by atoms with E-state index in [9.17, 15) is 13.2 Å². The number of amides is 1. The minimum Gasteiger partial charge on any atom is -0.450 e. The van der Waals surface area contributed by atoms with Crippen molar-refractivity contribution in [1.82, 2.24) is 9.62 Å². The topological polar surface area (TPSA) is 75.7 Å². The van der Waals surface area contributed by atoms with Gasteiger partial charge < -0.3 is 10.1 Å². The van der Waals surface area contributed by atoms with Gasteiger partial charge in [0.05, 0.1) is 12.9 Å². The lowest BCUT2D eigenvalue weighted by Crippen LogP contribution is -2.38. The van der Waals surface area contributed by atoms with Crippen LogP contribution in [0.2, 0.25) is 0 Å². The first-order valence-electron chi connectivity index (χ1n) is 4.82. The van der Waals surface area contributed by atoms with Gasteiger partial charge in [0.1, 0.15) is 0 Å². The van der Waals surface area contributed by atoms with Gasteiger partial charge in [-0.15, -0.1) is 0 Å². The maximum atomic E-state index is 11.2. The Labute approximate surface area is 89.6 Å². The number of alkyl carbamates (subject to hydrolysis) is 1. The standard InChI is InChI=1S/C8H16N2O4S/c1-3-14-8(11)9-7-4-5-10(6-7)15(2,12)13/h7H,3-6H2,1-2H3,(H,9,11). The van der Waals surface area contributed by atoms with Gasteiger partial charge in [-0.3, -0.25) is 0 Å². The third kappa shape index (κ3) is 3.67. The molecule has 1 rings (SSSR count). The predicted octanol–water partition coefficient (Wildman–Crippen LogP) is -0.234. The molecule has 1 heterocycles. The fourth-order valence-electron chi connectivity index (χ4n) is 1.49. The number of sulfonamides is 1. The van der Waals surface area contributed by atoms with Crippen molar-refractivity contribution >= 4 is 16.1 Å². The minimum atomic E-state index is -3.14. The van der Waals surface area contributed by atoms with Crippen LogP contribution in [0.25, 0.3) is 0 Å². The summed E-state index contributed by atoms with van der Waals surface area (Å²) in [6, 6.07) is -0.140. The normalized spacial score (nSPS) is 22.7. The summed E-state index contributed by atoms with van der Waals surface area (Å²) in [5.74, 6) is 0. The fourth-order valence-corrected chi connectivity index (χ4v) is 2.37. The second-order valence-electron chi connectivity index (χ2n) is 3.47. The Kier molecular flexibility index (Phi) is 3.92. The Bertz CT molecular complexity index is 328. The molecule has 0 aromatic carbocycles. The number of nitrogens with one attached hydrogen (secondary N) is 1. The average Bonchev–Trinajstić information content (AvgIpc) is 2.52. The maximum Gasteiger partial charge on any atom is 0.407 e. The van der Waals surface area contributed by atoms with Crippen molar-refractivity contribution in [3.05, 3.63) is 0 Å². The Morgan fingerprint density at radius 2 is 2.27 bits per heavy atom. The number of nitrogens with zero attached hydrogens (tertiary/aromatic N) is 1. The largest absolute Gasteiger partial charge is 0.450 e. The SMILES string of the molecule is CCOC(=O)NC1CCN(S(C)(=O)=O)C1. The molecular weight excluding hydrogens is 220 g/mol. The fraction of sp³-hybridized carbons (Fsp3) is 0.875. The molecule has 0 spiro atoms. The highest BCUT2D eigenvalue weighted by atomic mass is 32.2. The van der Waals surface area contributed by atoms with E-state index in [1.165, 1.54) is 10.6 Å². The molecule has 0 aliphatic carbocycles. The van der Waals surface area contributed by atoms with Gasteiger partial charge in [-0.25, -0.2) is 17.5 Å². The smallest absolute Gasteiger partial charge is 0.407 e. The van der Waals surface area contributed by atoms with Crippen LogP contribution in [0.4, 0.5) is 4.79 Å². The quantitative estimate of drug-likeness (QED) is 0.734. The Morgan fingerprint density at radius 3 is 2.73 bits per heavy atom. The molecule has 1 aliphatic rings. The van der Waals surface area contributed by atoms with Crippen LogP contribution in [0, 0.1) is 0 Å². The zero-order valence-electron chi connectivity index (χ0n) is 8.89. The van der Waals surface area contributed by atoms with E-state index in [4.69, 9.17) is 4.74 Å². The second kappa shape index (κ2) is 4.80. The van der Waals surface area contributed by atoms with E-state index in [2.05, 4.69) is 5.32 Å². The van der Waals surface area contributed by atoms with E-state index in [-0.39, 0.29) is 6.04 Å². The maximum absolute atomic E-state index is 11.2. The van der Waals surface area contributed by atoms with Crippen LogP contribution >= 0.6 is 0 Å². The van der Waals surface area contributed by atoms with Crippen molar-refractivity contribution in [3.8, 4) is 0 Å². The lowest BCUT2D eigenvalue weighted by molar-refractivity contribution is 0.148. The van der Waals surface area contributed by atoms with E-state index >= 15 is 0 Å². The van der Waals surface area contributed by atoms with E-state index < -0.39 is 16.1 Å². The van der Waals surface area contributed by atoms with Crippen molar-refractivity contribution in [2.45, 2.75) is 19.4 Å². The van der Waals surface area contributed by atoms with Crippen LogP contribution < -0.4 is 5.32 Å². The van der Waals surface area contributed by atoms with E-state index in [1.807, 2.05) is 0 Å². The number of carbonyl (C=O) groups excluding carboxylic acids is 1. The average molecular weight is 236 g/mol. The molecule has 6 nitrogen and oxygen atoms in total. The number of carbonyl (C=O) groups is 1. The summed E-state index contributed by atoms with van der Waals surface area (Å²) >= 11 is 0. The number of hydrogen-bond acceptors (Lipinski definition) is 4. The van der Waals surface area contributed by atoms with Crippen molar-refractivity contribution in [2.24, 2.45) is 0 Å². The van der Waals surface area contributed by atoms with Crippen molar-refractivity contribution in [1.29, 1.82) is 0 Å². The monoisotopic (exact) mass is 236 g/mol. The molecular formula is C8H16N2O4S. The van der Waals surface area contributed by atoms with Gasteiger partial charge in [-0.2, -0.15) is 0 Å². The van der Waals surface area contributed by atoms with Crippen molar-refractivity contribution in [2.75, 3.05) is 26.0 Å². The second-order valence-corrected chi connectivity index (χ2v) is 5.45. The molecule has 1 saturated heterocycles. The highest BCUT2D eigenvalue weighted by Gasteiger charge is 2.29. The molecule has 88 valence electrons. The van der Waals surface area contributed by atoms with Gasteiger partial charge in [0.25, 0.3) is 0 Å². The summed E-state index contributed by atoms with van der Waals surface area (Å²) in [5, 5.41) is 2.61. The van der Waals surface area contributed by atoms with Crippen molar-refractivity contribution < 1.29 is 17.9 Å². The third-order valence-corrected chi connectivity index (χ3v) is 3.49. The van der Waals surface area contributed by atoms with Crippen LogP contribution in [0.1, 0.15) is 13.3 Å². The van der Waals surface area contributed by atoms with E-state index in [0.29, 0.717) is 26.1 Å². The lowest BCUT2D eigenvalue weighted by atomic mass is 10.3. The molecule has 0 bridgehead atoms. The zero-order valence-corrected chi connectivity index (χ0v) is 9.71. The first kappa shape index (κ1) is 12.3. The van der Waals surface area contributed by atoms with Gasteiger partial charge in [0.15, 0.2) is 0 Å². The zero-order chi connectivity index (χ0) is 11.5. The summed E-state index contributed by atoms with van der Waals surface area (Å²) in [6.07, 6.45) is 1.31. The van der Waals surface area contributed by atoms with Crippen LogP contribution in [-0.2, 0) is 14.8 Å². The highest BCUT2D eigenvalue weighted by Crippen LogP contribution is 2.12. The molecule has 0 radical (unpaired) electrons. The van der Waals surface area contributed by atoms with Crippen LogP contribution in [0.15, 0.2) is 0 Å². The first-order valence-corrected chi connectivity index (χ1v) is 6.66. The van der Waals surface area contributed by atoms with Gasteiger partial charge in [-0.05, 0) is 13.3 Å². The van der Waals surface area contributed by atoms with E-state index in [1.54, 1.807) is 6.92 Å². The number of hydrogen-bond donors (Lipinski definition) is 1. The summed E-state index contributed by atoms with van der Waals surface area (Å²) < 4.78 is 28.4. The molecule has 0 saturated carbocycles. The molecule has 1 amide bonds. The Morgan fingerprint density at radius 1 is 1.60 bits per heavy atom. The molecule has 0 aromatic heterocycles. The van der Waals surface area contributed by atoms with Crippen LogP contribution in [0.3, 0.4) is 0 Å². The summed E-state index contributed by atoms with van der Waals surface area (Å²) in [4.78, 5) is 11.1. The molecule has 1 aliphatic heterocycles. The third-order valence-electron chi connectivity index (χ3n) is 2.22. The first-order chi connectivity index (χ1) is 6.93. The van der Waals surface area contributed by atoms with Crippen LogP contribution in [-0.4, -0.2) is 50.8 Å². The number of ether oxygens (including phenoxy) is 1. The van der Waals surface area contributed by atoms with Crippen LogP contribution in [0.5, 0.6) is 0 Å². The Balaban J connectivity index is 2.40. The number of rotatable bonds is 3. The molecule has 1 fully saturated rings. The van der Waals surface area contributed by atoms with Gasteiger partial charge >= 0.3 is 6.09 Å². The molecule has 1 unspecified atom stereocenters. The highest BCUT2D eigenvalue weighted by molar-refractivity contribution is 7.88.